The molecule has 0 aromatic heterocycles. The van der Waals surface area contributed by atoms with Crippen molar-refractivity contribution in [1.82, 2.24) is 26.2 Å². The van der Waals surface area contributed by atoms with Crippen LogP contribution in [0.4, 0.5) is 4.79 Å². The molecule has 10 heteroatoms. The van der Waals surface area contributed by atoms with Crippen molar-refractivity contribution in [3.63, 3.8) is 0 Å². The number of likely N-dealkylation sites (N-methyl/N-ethyl adjacent to an activating group) is 1. The molecule has 0 aromatic rings. The molecule has 152 valence electrons. The van der Waals surface area contributed by atoms with Crippen molar-refractivity contribution in [2.24, 2.45) is 4.99 Å². The van der Waals surface area contributed by atoms with Gasteiger partial charge >= 0.3 is 6.03 Å². The molecule has 1 unspecified atom stereocenters. The van der Waals surface area contributed by atoms with Gasteiger partial charge in [0.1, 0.15) is 11.4 Å². The van der Waals surface area contributed by atoms with Crippen LogP contribution in [0.1, 0.15) is 19.3 Å². The highest BCUT2D eigenvalue weighted by molar-refractivity contribution is 6.07. The number of allylic oxidation sites excluding steroid dienone is 2. The molecule has 0 bridgehead atoms. The number of imide groups is 1. The lowest BCUT2D eigenvalue weighted by Crippen LogP contribution is -2.55. The largest absolute Gasteiger partial charge is 0.357 e. The molecule has 1 spiro atoms. The maximum absolute atomic E-state index is 12.0. The van der Waals surface area contributed by atoms with Gasteiger partial charge in [0.2, 0.25) is 6.41 Å². The lowest BCUT2D eigenvalue weighted by molar-refractivity contribution is -0.125. The third-order valence-corrected chi connectivity index (χ3v) is 5.03. The van der Waals surface area contributed by atoms with E-state index in [4.69, 9.17) is 0 Å². The summed E-state index contributed by atoms with van der Waals surface area (Å²) in [6, 6.07) is -1.37. The molecular formula is C19H22N6O4. The van der Waals surface area contributed by atoms with E-state index in [-0.39, 0.29) is 5.91 Å². The van der Waals surface area contributed by atoms with Gasteiger partial charge in [-0.15, -0.1) is 0 Å². The van der Waals surface area contributed by atoms with E-state index in [0.717, 1.165) is 5.84 Å². The highest BCUT2D eigenvalue weighted by atomic mass is 16.2. The van der Waals surface area contributed by atoms with E-state index in [1.54, 1.807) is 6.20 Å². The minimum absolute atomic E-state index is 0.271. The zero-order valence-electron chi connectivity index (χ0n) is 15.9. The molecule has 2 saturated heterocycles. The lowest BCUT2D eigenvalue weighted by atomic mass is 9.87. The molecule has 10 nitrogen and oxygen atoms in total. The Morgan fingerprint density at radius 3 is 2.76 bits per heavy atom. The Labute approximate surface area is 167 Å². The fourth-order valence-corrected chi connectivity index (χ4v) is 3.36. The van der Waals surface area contributed by atoms with Gasteiger partial charge < -0.3 is 20.9 Å². The minimum atomic E-state index is -0.930. The molecule has 0 saturated carbocycles. The summed E-state index contributed by atoms with van der Waals surface area (Å²) >= 11 is 0. The first-order valence-electron chi connectivity index (χ1n) is 9.22. The Morgan fingerprint density at radius 1 is 1.38 bits per heavy atom. The Bertz CT molecular complexity index is 871. The third kappa shape index (κ3) is 4.45. The number of hydrogen-bond acceptors (Lipinski definition) is 6. The van der Waals surface area contributed by atoms with Crippen molar-refractivity contribution in [3.8, 4) is 11.8 Å². The normalized spacial score (nSPS) is 20.9. The van der Waals surface area contributed by atoms with Crippen molar-refractivity contribution in [2.45, 2.75) is 30.8 Å². The summed E-state index contributed by atoms with van der Waals surface area (Å²) in [6.45, 7) is 1.15. The zero-order valence-corrected chi connectivity index (χ0v) is 15.9. The first-order chi connectivity index (χ1) is 14.0. The van der Waals surface area contributed by atoms with Gasteiger partial charge in [-0.1, -0.05) is 17.9 Å². The van der Waals surface area contributed by atoms with Gasteiger partial charge in [0, 0.05) is 38.3 Å². The summed E-state index contributed by atoms with van der Waals surface area (Å²) < 4.78 is 0. The van der Waals surface area contributed by atoms with Gasteiger partial charge in [0.25, 0.3) is 11.8 Å². The Morgan fingerprint density at radius 2 is 2.14 bits per heavy atom. The SMILES string of the molecule is CNC(=O)C(C#CC1=CN=C(N2CCC3(CC2)NC(=O)NC3=O)C=CC1)NC=O. The number of rotatable bonds is 3. The zero-order chi connectivity index (χ0) is 20.9. The molecule has 3 aliphatic rings. The number of amidine groups is 1. The number of amides is 5. The highest BCUT2D eigenvalue weighted by Crippen LogP contribution is 2.26. The second kappa shape index (κ2) is 8.60. The molecule has 1 atom stereocenters. The topological polar surface area (TPSA) is 132 Å². The summed E-state index contributed by atoms with van der Waals surface area (Å²) in [5.41, 5.74) is -0.121. The summed E-state index contributed by atoms with van der Waals surface area (Å²) in [7, 11) is 1.47. The Balaban J connectivity index is 1.67. The molecule has 3 rings (SSSR count). The van der Waals surface area contributed by atoms with Crippen LogP contribution in [0.5, 0.6) is 0 Å². The maximum Gasteiger partial charge on any atom is 0.322 e. The molecular weight excluding hydrogens is 376 g/mol. The number of nitrogens with one attached hydrogen (secondary N) is 4. The van der Waals surface area contributed by atoms with E-state index in [9.17, 15) is 19.2 Å². The molecule has 0 radical (unpaired) electrons. The molecule has 3 heterocycles. The van der Waals surface area contributed by atoms with Gasteiger partial charge in [-0.2, -0.15) is 0 Å². The van der Waals surface area contributed by atoms with Crippen LogP contribution >= 0.6 is 0 Å². The Kier molecular flexibility index (Phi) is 5.97. The van der Waals surface area contributed by atoms with E-state index in [1.165, 1.54) is 7.05 Å². The Hall–Kier alpha value is -3.61. The van der Waals surface area contributed by atoms with Crippen molar-refractivity contribution < 1.29 is 19.2 Å². The molecule has 0 aromatic carbocycles. The first-order valence-corrected chi connectivity index (χ1v) is 9.22. The van der Waals surface area contributed by atoms with Crippen LogP contribution in [-0.4, -0.2) is 66.7 Å². The number of piperidine rings is 1. The average molecular weight is 398 g/mol. The fraction of sp³-hybridized carbons (Fsp3) is 0.421. The second-order valence-electron chi connectivity index (χ2n) is 6.83. The van der Waals surface area contributed by atoms with E-state index >= 15 is 0 Å². The predicted molar refractivity (Wildman–Crippen MR) is 104 cm³/mol. The molecule has 4 N–H and O–H groups in total. The summed E-state index contributed by atoms with van der Waals surface area (Å²) in [5.74, 6) is 5.69. The average Bonchev–Trinajstić information content (AvgIpc) is 2.88. The van der Waals surface area contributed by atoms with Crippen LogP contribution in [0.2, 0.25) is 0 Å². The van der Waals surface area contributed by atoms with Crippen LogP contribution in [-0.2, 0) is 14.4 Å². The molecule has 29 heavy (non-hydrogen) atoms. The monoisotopic (exact) mass is 398 g/mol. The number of aliphatic imine (C=N–C) groups is 1. The van der Waals surface area contributed by atoms with Crippen LogP contribution in [0.15, 0.2) is 28.9 Å². The summed E-state index contributed by atoms with van der Waals surface area (Å²) in [6.07, 6.45) is 7.41. The van der Waals surface area contributed by atoms with Crippen LogP contribution < -0.4 is 21.3 Å². The molecule has 0 aliphatic carbocycles. The molecule has 3 aliphatic heterocycles. The van der Waals surface area contributed by atoms with Gasteiger partial charge in [-0.25, -0.2) is 9.79 Å². The number of nitrogens with zero attached hydrogens (tertiary/aromatic N) is 2. The van der Waals surface area contributed by atoms with Crippen LogP contribution in [0, 0.1) is 11.8 Å². The standard InChI is InChI=1S/C19H22N6O4/c1-20-16(27)14(22-12-26)6-5-13-3-2-4-15(21-11-13)25-9-7-19(8-10-25)17(28)23-18(29)24-19/h2,4,11-12,14H,3,7-10H2,1H3,(H,20,27)(H,22,26)(H2,23,24,28,29). The first kappa shape index (κ1) is 20.1. The fourth-order valence-electron chi connectivity index (χ4n) is 3.36. The molecule has 5 amide bonds. The van der Waals surface area contributed by atoms with Crippen molar-refractivity contribution in [3.05, 3.63) is 23.9 Å². The van der Waals surface area contributed by atoms with E-state index in [0.29, 0.717) is 44.3 Å². The van der Waals surface area contributed by atoms with Gasteiger partial charge in [-0.3, -0.25) is 19.7 Å². The second-order valence-corrected chi connectivity index (χ2v) is 6.83. The number of carbonyl (C=O) groups is 4. The molecule has 2 fully saturated rings. The summed E-state index contributed by atoms with van der Waals surface area (Å²) in [5, 5.41) is 9.84. The maximum atomic E-state index is 12.0. The number of hydrogen-bond donors (Lipinski definition) is 4. The smallest absolute Gasteiger partial charge is 0.322 e. The van der Waals surface area contributed by atoms with Crippen LogP contribution in [0.25, 0.3) is 0 Å². The van der Waals surface area contributed by atoms with Crippen molar-refractivity contribution in [2.75, 3.05) is 20.1 Å². The van der Waals surface area contributed by atoms with E-state index in [2.05, 4.69) is 38.1 Å². The lowest BCUT2D eigenvalue weighted by Gasteiger charge is -2.37. The van der Waals surface area contributed by atoms with E-state index in [1.807, 2.05) is 17.1 Å². The number of likely N-dealkylation sites (tertiary alicyclic amines) is 1. The third-order valence-electron chi connectivity index (χ3n) is 5.03. The quantitative estimate of drug-likeness (QED) is 0.268. The van der Waals surface area contributed by atoms with E-state index < -0.39 is 23.5 Å². The van der Waals surface area contributed by atoms with Gasteiger partial charge in [0.15, 0.2) is 6.04 Å². The van der Waals surface area contributed by atoms with Crippen molar-refractivity contribution in [1.29, 1.82) is 0 Å². The minimum Gasteiger partial charge on any atom is -0.357 e. The van der Waals surface area contributed by atoms with Gasteiger partial charge in [-0.05, 0) is 18.9 Å². The van der Waals surface area contributed by atoms with Gasteiger partial charge in [0.05, 0.1) is 0 Å². The number of carbonyl (C=O) groups excluding carboxylic acids is 4. The number of urea groups is 1. The van der Waals surface area contributed by atoms with Crippen molar-refractivity contribution >= 4 is 30.1 Å². The van der Waals surface area contributed by atoms with Crippen LogP contribution in [0.3, 0.4) is 0 Å². The summed E-state index contributed by atoms with van der Waals surface area (Å²) in [4.78, 5) is 52.3. The highest BCUT2D eigenvalue weighted by Gasteiger charge is 2.48. The predicted octanol–water partition coefficient (Wildman–Crippen LogP) is -1.23.